The number of thiazole rings is 1. The SMILES string of the molecule is O=C(Cc1cncs1)OBr. The van der Waals surface area contributed by atoms with E-state index in [1.807, 2.05) is 0 Å². The zero-order chi connectivity index (χ0) is 7.40. The van der Waals surface area contributed by atoms with Crippen molar-refractivity contribution < 1.29 is 8.62 Å². The van der Waals surface area contributed by atoms with Crippen molar-refractivity contribution in [1.29, 1.82) is 0 Å². The van der Waals surface area contributed by atoms with Crippen LogP contribution in [0.2, 0.25) is 0 Å². The lowest BCUT2D eigenvalue weighted by atomic mass is 10.4. The smallest absolute Gasteiger partial charge is 0.322 e. The van der Waals surface area contributed by atoms with Gasteiger partial charge >= 0.3 is 5.97 Å². The van der Waals surface area contributed by atoms with Gasteiger partial charge in [0.05, 0.1) is 11.9 Å². The van der Waals surface area contributed by atoms with E-state index in [4.69, 9.17) is 0 Å². The number of aromatic nitrogens is 1. The minimum Gasteiger partial charge on any atom is -0.383 e. The maximum absolute atomic E-state index is 10.6. The highest BCUT2D eigenvalue weighted by molar-refractivity contribution is 9.06. The molecule has 10 heavy (non-hydrogen) atoms. The average molecular weight is 222 g/mol. The van der Waals surface area contributed by atoms with Gasteiger partial charge in [-0.3, -0.25) is 9.78 Å². The lowest BCUT2D eigenvalue weighted by Gasteiger charge is -1.89. The van der Waals surface area contributed by atoms with Crippen LogP contribution in [0.3, 0.4) is 0 Å². The summed E-state index contributed by atoms with van der Waals surface area (Å²) in [6.45, 7) is 0. The summed E-state index contributed by atoms with van der Waals surface area (Å²) in [7, 11) is 0. The van der Waals surface area contributed by atoms with E-state index >= 15 is 0 Å². The van der Waals surface area contributed by atoms with Crippen LogP contribution in [-0.2, 0) is 15.0 Å². The topological polar surface area (TPSA) is 39.2 Å². The molecule has 5 heteroatoms. The highest BCUT2D eigenvalue weighted by atomic mass is 79.9. The predicted molar refractivity (Wildman–Crippen MR) is 40.8 cm³/mol. The number of hydrogen-bond acceptors (Lipinski definition) is 4. The number of carbonyl (C=O) groups excluding carboxylic acids is 1. The average Bonchev–Trinajstić information content (AvgIpc) is 2.40. The van der Waals surface area contributed by atoms with E-state index in [1.165, 1.54) is 11.3 Å². The van der Waals surface area contributed by atoms with Crippen LogP contribution in [0.4, 0.5) is 0 Å². The van der Waals surface area contributed by atoms with E-state index in [0.717, 1.165) is 4.88 Å². The van der Waals surface area contributed by atoms with E-state index < -0.39 is 0 Å². The van der Waals surface area contributed by atoms with Gasteiger partial charge in [-0.25, -0.2) is 0 Å². The molecule has 0 bridgehead atoms. The summed E-state index contributed by atoms with van der Waals surface area (Å²) in [5.41, 5.74) is 1.68. The fourth-order valence-electron chi connectivity index (χ4n) is 0.499. The van der Waals surface area contributed by atoms with Gasteiger partial charge in [-0.2, -0.15) is 0 Å². The molecule has 0 fully saturated rings. The Balaban J connectivity index is 2.48. The Hall–Kier alpha value is -0.420. The minimum absolute atomic E-state index is 0.288. The predicted octanol–water partition coefficient (Wildman–Crippen LogP) is 1.54. The first-order chi connectivity index (χ1) is 4.83. The number of nitrogens with zero attached hydrogens (tertiary/aromatic N) is 1. The lowest BCUT2D eigenvalue weighted by Crippen LogP contribution is -1.98. The minimum atomic E-state index is -0.302. The molecule has 0 N–H and O–H groups in total. The van der Waals surface area contributed by atoms with Crippen LogP contribution in [0, 0.1) is 0 Å². The Bertz CT molecular complexity index is 211. The van der Waals surface area contributed by atoms with Crippen LogP contribution in [0.5, 0.6) is 0 Å². The second-order valence-electron chi connectivity index (χ2n) is 1.59. The Morgan fingerprint density at radius 2 is 2.70 bits per heavy atom. The van der Waals surface area contributed by atoms with Crippen LogP contribution < -0.4 is 0 Å². The molecule has 0 aromatic carbocycles. The fraction of sp³-hybridized carbons (Fsp3) is 0.200. The van der Waals surface area contributed by atoms with Gasteiger partial charge in [-0.1, -0.05) is 0 Å². The molecule has 1 aromatic heterocycles. The van der Waals surface area contributed by atoms with Gasteiger partial charge in [-0.05, 0) is 0 Å². The molecule has 0 amide bonds. The summed E-state index contributed by atoms with van der Waals surface area (Å²) < 4.78 is 4.28. The molecule has 0 aliphatic rings. The molecule has 0 aliphatic heterocycles. The van der Waals surface area contributed by atoms with Crippen LogP contribution >= 0.6 is 27.6 Å². The Labute approximate surface area is 70.5 Å². The first-order valence-corrected chi connectivity index (χ1v) is 4.04. The van der Waals surface area contributed by atoms with Gasteiger partial charge in [0.2, 0.25) is 0 Å². The van der Waals surface area contributed by atoms with Crippen molar-refractivity contribution in [1.82, 2.24) is 4.98 Å². The summed E-state index contributed by atoms with van der Waals surface area (Å²) in [5.74, 6) is -0.302. The summed E-state index contributed by atoms with van der Waals surface area (Å²) >= 11 is 4.03. The zero-order valence-corrected chi connectivity index (χ0v) is 7.31. The molecular weight excluding hydrogens is 218 g/mol. The molecular formula is C5H4BrNO2S. The van der Waals surface area contributed by atoms with Crippen molar-refractivity contribution in [3.63, 3.8) is 0 Å². The van der Waals surface area contributed by atoms with Crippen LogP contribution in [0.25, 0.3) is 0 Å². The van der Waals surface area contributed by atoms with Gasteiger partial charge in [0.25, 0.3) is 0 Å². The summed E-state index contributed by atoms with van der Waals surface area (Å²) in [4.78, 5) is 15.3. The summed E-state index contributed by atoms with van der Waals surface area (Å²) in [5, 5.41) is 0. The van der Waals surface area contributed by atoms with Gasteiger partial charge in [0, 0.05) is 11.1 Å². The van der Waals surface area contributed by atoms with Gasteiger partial charge in [-0.15, -0.1) is 11.3 Å². The normalized spacial score (nSPS) is 9.30. The van der Waals surface area contributed by atoms with Crippen molar-refractivity contribution >= 4 is 33.6 Å². The van der Waals surface area contributed by atoms with Crippen molar-refractivity contribution in [2.45, 2.75) is 6.42 Å². The molecule has 1 aromatic rings. The second kappa shape index (κ2) is 3.68. The van der Waals surface area contributed by atoms with E-state index in [9.17, 15) is 4.79 Å². The Morgan fingerprint density at radius 1 is 1.90 bits per heavy atom. The number of rotatable bonds is 2. The highest BCUT2D eigenvalue weighted by Crippen LogP contribution is 2.07. The monoisotopic (exact) mass is 221 g/mol. The van der Waals surface area contributed by atoms with Crippen molar-refractivity contribution in [2.75, 3.05) is 0 Å². The van der Waals surface area contributed by atoms with Gasteiger partial charge in [0.15, 0.2) is 16.3 Å². The van der Waals surface area contributed by atoms with Crippen LogP contribution in [0.15, 0.2) is 11.7 Å². The maximum atomic E-state index is 10.6. The van der Waals surface area contributed by atoms with Gasteiger partial charge in [0.1, 0.15) is 0 Å². The standard InChI is InChI=1S/C5H4BrNO2S/c6-9-5(8)1-4-2-7-3-10-4/h2-3H,1H2. The Kier molecular flexibility index (Phi) is 2.82. The molecule has 0 saturated carbocycles. The molecule has 54 valence electrons. The third-order valence-electron chi connectivity index (χ3n) is 0.888. The third-order valence-corrected chi connectivity index (χ3v) is 2.03. The quantitative estimate of drug-likeness (QED) is 0.761. The molecule has 0 radical (unpaired) electrons. The second-order valence-corrected chi connectivity index (χ2v) is 2.89. The highest BCUT2D eigenvalue weighted by Gasteiger charge is 2.03. The maximum Gasteiger partial charge on any atom is 0.322 e. The van der Waals surface area contributed by atoms with Gasteiger partial charge < -0.3 is 3.83 Å². The van der Waals surface area contributed by atoms with E-state index in [0.29, 0.717) is 0 Å². The fourth-order valence-corrected chi connectivity index (χ4v) is 1.19. The molecule has 0 saturated heterocycles. The zero-order valence-electron chi connectivity index (χ0n) is 4.91. The van der Waals surface area contributed by atoms with E-state index in [2.05, 4.69) is 25.1 Å². The largest absolute Gasteiger partial charge is 0.383 e. The molecule has 0 aliphatic carbocycles. The first-order valence-electron chi connectivity index (χ1n) is 2.51. The first kappa shape index (κ1) is 7.68. The molecule has 1 heterocycles. The molecule has 0 atom stereocenters. The number of halogens is 1. The van der Waals surface area contributed by atoms with Crippen molar-refractivity contribution in [3.8, 4) is 0 Å². The molecule has 0 unspecified atom stereocenters. The molecule has 3 nitrogen and oxygen atoms in total. The van der Waals surface area contributed by atoms with E-state index in [1.54, 1.807) is 11.7 Å². The Morgan fingerprint density at radius 3 is 3.20 bits per heavy atom. The lowest BCUT2D eigenvalue weighted by molar-refractivity contribution is -0.131. The summed E-state index contributed by atoms with van der Waals surface area (Å²) in [6, 6.07) is 0. The number of carbonyl (C=O) groups is 1. The molecule has 1 rings (SSSR count). The third kappa shape index (κ3) is 2.07. The van der Waals surface area contributed by atoms with Crippen LogP contribution in [0.1, 0.15) is 4.88 Å². The van der Waals surface area contributed by atoms with Crippen LogP contribution in [-0.4, -0.2) is 11.0 Å². The van der Waals surface area contributed by atoms with Crippen molar-refractivity contribution in [3.05, 3.63) is 16.6 Å². The summed E-state index contributed by atoms with van der Waals surface area (Å²) in [6.07, 6.45) is 1.94. The molecule has 0 spiro atoms. The van der Waals surface area contributed by atoms with E-state index in [-0.39, 0.29) is 12.4 Å². The van der Waals surface area contributed by atoms with Crippen molar-refractivity contribution in [2.24, 2.45) is 0 Å². The number of hydrogen-bond donors (Lipinski definition) is 0.